The summed E-state index contributed by atoms with van der Waals surface area (Å²) in [5.74, 6) is 0.549. The van der Waals surface area contributed by atoms with Crippen LogP contribution in [0.25, 0.3) is 0 Å². The van der Waals surface area contributed by atoms with Crippen LogP contribution in [0.4, 0.5) is 0 Å². The number of hydrogen-bond acceptors (Lipinski definition) is 5. The first-order valence-corrected chi connectivity index (χ1v) is 9.99. The van der Waals surface area contributed by atoms with Crippen molar-refractivity contribution in [2.45, 2.75) is 19.8 Å². The zero-order chi connectivity index (χ0) is 21.1. The van der Waals surface area contributed by atoms with Crippen LogP contribution in [-0.4, -0.2) is 38.3 Å². The van der Waals surface area contributed by atoms with Crippen LogP contribution >= 0.6 is 15.9 Å². The van der Waals surface area contributed by atoms with Crippen LogP contribution < -0.4 is 20.2 Å². The maximum atomic E-state index is 12.1. The summed E-state index contributed by atoms with van der Waals surface area (Å²) in [6.45, 7) is 2.55. The molecule has 0 heterocycles. The fraction of sp³-hybridized carbons (Fsp3) is 0.286. The Bertz CT molecular complexity index is 854. The summed E-state index contributed by atoms with van der Waals surface area (Å²) >= 11 is 3.37. The van der Waals surface area contributed by atoms with E-state index in [2.05, 4.69) is 38.7 Å². The maximum absolute atomic E-state index is 12.1. The van der Waals surface area contributed by atoms with Gasteiger partial charge in [0.25, 0.3) is 11.8 Å². The van der Waals surface area contributed by atoms with Crippen molar-refractivity contribution < 1.29 is 19.1 Å². The first kappa shape index (κ1) is 22.4. The fourth-order valence-corrected chi connectivity index (χ4v) is 2.70. The van der Waals surface area contributed by atoms with Gasteiger partial charge in [-0.25, -0.2) is 5.43 Å². The zero-order valence-electron chi connectivity index (χ0n) is 16.4. The number of halogens is 1. The van der Waals surface area contributed by atoms with Crippen LogP contribution in [-0.2, 0) is 4.79 Å². The molecule has 0 saturated heterocycles. The highest BCUT2D eigenvalue weighted by molar-refractivity contribution is 9.10. The summed E-state index contributed by atoms with van der Waals surface area (Å²) in [7, 11) is 1.55. The van der Waals surface area contributed by atoms with Crippen molar-refractivity contribution in [1.29, 1.82) is 0 Å². The van der Waals surface area contributed by atoms with Gasteiger partial charge in [0.15, 0.2) is 0 Å². The molecule has 7 nitrogen and oxygen atoms in total. The molecular formula is C21H24BrN3O4. The first-order chi connectivity index (χ1) is 14.0. The summed E-state index contributed by atoms with van der Waals surface area (Å²) in [6, 6.07) is 12.2. The molecule has 8 heteroatoms. The summed E-state index contributed by atoms with van der Waals surface area (Å²) in [5, 5.41) is 6.45. The van der Waals surface area contributed by atoms with Crippen molar-refractivity contribution in [3.63, 3.8) is 0 Å². The fourth-order valence-electron chi connectivity index (χ4n) is 2.32. The van der Waals surface area contributed by atoms with Gasteiger partial charge in [0, 0.05) is 15.6 Å². The van der Waals surface area contributed by atoms with Crippen LogP contribution in [0.1, 0.15) is 35.7 Å². The third-order valence-electron chi connectivity index (χ3n) is 3.88. The molecule has 0 fully saturated rings. The van der Waals surface area contributed by atoms with Crippen LogP contribution in [0.3, 0.4) is 0 Å². The second-order valence-corrected chi connectivity index (χ2v) is 7.00. The maximum Gasteiger partial charge on any atom is 0.259 e. The number of hydrazone groups is 1. The van der Waals surface area contributed by atoms with Gasteiger partial charge in [-0.15, -0.1) is 0 Å². The van der Waals surface area contributed by atoms with Gasteiger partial charge in [-0.1, -0.05) is 29.3 Å². The lowest BCUT2D eigenvalue weighted by atomic mass is 10.2. The van der Waals surface area contributed by atoms with Crippen LogP contribution in [0, 0.1) is 0 Å². The normalized spacial score (nSPS) is 10.6. The van der Waals surface area contributed by atoms with Crippen LogP contribution in [0.15, 0.2) is 52.0 Å². The van der Waals surface area contributed by atoms with E-state index < -0.39 is 5.91 Å². The number of hydrogen-bond donors (Lipinski definition) is 2. The highest BCUT2D eigenvalue weighted by Gasteiger charge is 2.08. The minimum atomic E-state index is -0.442. The van der Waals surface area contributed by atoms with Gasteiger partial charge in [-0.2, -0.15) is 5.10 Å². The predicted molar refractivity (Wildman–Crippen MR) is 116 cm³/mol. The molecule has 0 aromatic heterocycles. The molecule has 2 rings (SSSR count). The number of methoxy groups -OCH3 is 1. The van der Waals surface area contributed by atoms with Gasteiger partial charge in [-0.3, -0.25) is 9.59 Å². The molecule has 2 aromatic rings. The molecule has 29 heavy (non-hydrogen) atoms. The smallest absolute Gasteiger partial charge is 0.259 e. The van der Waals surface area contributed by atoms with Crippen LogP contribution in [0.2, 0.25) is 0 Å². The molecule has 0 bridgehead atoms. The van der Waals surface area contributed by atoms with E-state index in [0.29, 0.717) is 29.2 Å². The average molecular weight is 462 g/mol. The van der Waals surface area contributed by atoms with Gasteiger partial charge in [0.05, 0.1) is 26.5 Å². The zero-order valence-corrected chi connectivity index (χ0v) is 18.0. The second kappa shape index (κ2) is 11.9. The van der Waals surface area contributed by atoms with Crippen molar-refractivity contribution in [1.82, 2.24) is 10.7 Å². The highest BCUT2D eigenvalue weighted by Crippen LogP contribution is 2.21. The van der Waals surface area contributed by atoms with E-state index in [-0.39, 0.29) is 12.5 Å². The molecule has 0 aliphatic carbocycles. The number of ether oxygens (including phenoxy) is 2. The molecule has 0 aliphatic rings. The Balaban J connectivity index is 1.80. The van der Waals surface area contributed by atoms with E-state index in [4.69, 9.17) is 9.47 Å². The van der Waals surface area contributed by atoms with Gasteiger partial charge in [-0.05, 0) is 48.9 Å². The van der Waals surface area contributed by atoms with Crippen molar-refractivity contribution in [3.05, 3.63) is 58.1 Å². The van der Waals surface area contributed by atoms with Crippen molar-refractivity contribution in [2.75, 3.05) is 20.3 Å². The van der Waals surface area contributed by atoms with Gasteiger partial charge in [0.1, 0.15) is 11.5 Å². The van der Waals surface area contributed by atoms with E-state index in [9.17, 15) is 9.59 Å². The number of rotatable bonds is 10. The summed E-state index contributed by atoms with van der Waals surface area (Å²) in [5.41, 5.74) is 3.52. The Morgan fingerprint density at radius 2 is 1.93 bits per heavy atom. The standard InChI is InChI=1S/C21H24BrN3O4/c1-3-4-11-29-18-8-5-15(6-9-18)21(27)23-14-20(26)25-24-13-16-12-17(22)7-10-19(16)28-2/h5-10,12-13H,3-4,11,14H2,1-2H3,(H,23,27)(H,25,26)/b24-13-. The average Bonchev–Trinajstić information content (AvgIpc) is 2.73. The van der Waals surface area contributed by atoms with E-state index in [1.165, 1.54) is 6.21 Å². The first-order valence-electron chi connectivity index (χ1n) is 9.20. The number of unbranched alkanes of at least 4 members (excludes halogenated alkanes) is 1. The predicted octanol–water partition coefficient (Wildman–Crippen LogP) is 3.52. The molecule has 0 saturated carbocycles. The monoisotopic (exact) mass is 461 g/mol. The highest BCUT2D eigenvalue weighted by atomic mass is 79.9. The SMILES string of the molecule is CCCCOc1ccc(C(=O)NCC(=O)N/N=C\c2cc(Br)ccc2OC)cc1. The second-order valence-electron chi connectivity index (χ2n) is 6.09. The van der Waals surface area contributed by atoms with Gasteiger partial charge < -0.3 is 14.8 Å². The van der Waals surface area contributed by atoms with Gasteiger partial charge in [0.2, 0.25) is 0 Å². The Hall–Kier alpha value is -2.87. The molecule has 0 unspecified atom stereocenters. The topological polar surface area (TPSA) is 89.0 Å². The molecule has 0 spiro atoms. The Kier molecular flexibility index (Phi) is 9.17. The number of benzene rings is 2. The van der Waals surface area contributed by atoms with Crippen molar-refractivity contribution in [3.8, 4) is 11.5 Å². The third-order valence-corrected chi connectivity index (χ3v) is 4.37. The molecule has 0 atom stereocenters. The molecule has 0 radical (unpaired) electrons. The summed E-state index contributed by atoms with van der Waals surface area (Å²) < 4.78 is 11.7. The Morgan fingerprint density at radius 1 is 1.17 bits per heavy atom. The molecule has 154 valence electrons. The summed E-state index contributed by atoms with van der Waals surface area (Å²) in [6.07, 6.45) is 3.51. The van der Waals surface area contributed by atoms with E-state index in [0.717, 1.165) is 17.3 Å². The number of carbonyl (C=O) groups is 2. The lowest BCUT2D eigenvalue weighted by molar-refractivity contribution is -0.120. The number of nitrogens with one attached hydrogen (secondary N) is 2. The molecule has 0 aliphatic heterocycles. The number of carbonyl (C=O) groups excluding carboxylic acids is 2. The molecule has 2 N–H and O–H groups in total. The van der Waals surface area contributed by atoms with Crippen molar-refractivity contribution >= 4 is 34.0 Å². The molecular weight excluding hydrogens is 438 g/mol. The number of nitrogens with zero attached hydrogens (tertiary/aromatic N) is 1. The Labute approximate surface area is 178 Å². The summed E-state index contributed by atoms with van der Waals surface area (Å²) in [4.78, 5) is 24.0. The lowest BCUT2D eigenvalue weighted by Gasteiger charge is -2.07. The third kappa shape index (κ3) is 7.57. The van der Waals surface area contributed by atoms with E-state index in [1.54, 1.807) is 37.4 Å². The van der Waals surface area contributed by atoms with Crippen molar-refractivity contribution in [2.24, 2.45) is 5.10 Å². The largest absolute Gasteiger partial charge is 0.496 e. The minimum absolute atomic E-state index is 0.194. The molecule has 2 amide bonds. The van der Waals surface area contributed by atoms with Crippen LogP contribution in [0.5, 0.6) is 11.5 Å². The number of amides is 2. The molecule has 2 aromatic carbocycles. The quantitative estimate of drug-likeness (QED) is 0.321. The lowest BCUT2D eigenvalue weighted by Crippen LogP contribution is -2.34. The van der Waals surface area contributed by atoms with E-state index in [1.807, 2.05) is 12.1 Å². The van der Waals surface area contributed by atoms with E-state index >= 15 is 0 Å². The van der Waals surface area contributed by atoms with Gasteiger partial charge >= 0.3 is 0 Å². The minimum Gasteiger partial charge on any atom is -0.496 e. The Morgan fingerprint density at radius 3 is 2.62 bits per heavy atom.